The summed E-state index contributed by atoms with van der Waals surface area (Å²) < 4.78 is 0. The molecule has 1 aromatic rings. The molecule has 0 atom stereocenters. The van der Waals surface area contributed by atoms with E-state index in [4.69, 9.17) is 5.26 Å². The second-order valence-electron chi connectivity index (χ2n) is 4.94. The number of carbonyl (C=O) groups is 1. The minimum absolute atomic E-state index is 0.189. The summed E-state index contributed by atoms with van der Waals surface area (Å²) in [5.74, 6) is 1.55. The predicted molar refractivity (Wildman–Crippen MR) is 68.3 cm³/mol. The van der Waals surface area contributed by atoms with E-state index < -0.39 is 0 Å². The lowest BCUT2D eigenvalue weighted by atomic mass is 10.2. The van der Waals surface area contributed by atoms with Gasteiger partial charge in [0.25, 0.3) is 0 Å². The van der Waals surface area contributed by atoms with Gasteiger partial charge in [0.15, 0.2) is 0 Å². The third kappa shape index (κ3) is 2.50. The van der Waals surface area contributed by atoms with Crippen LogP contribution in [0.4, 0.5) is 5.82 Å². The van der Waals surface area contributed by atoms with Gasteiger partial charge in [-0.25, -0.2) is 9.97 Å². The molecule has 0 N–H and O–H groups in total. The van der Waals surface area contributed by atoms with Crippen LogP contribution in [0.3, 0.4) is 0 Å². The summed E-state index contributed by atoms with van der Waals surface area (Å²) in [5.41, 5.74) is 0. The highest BCUT2D eigenvalue weighted by Gasteiger charge is 2.34. The highest BCUT2D eigenvalue weighted by Crippen LogP contribution is 2.31. The fourth-order valence-corrected chi connectivity index (χ4v) is 2.32. The van der Waals surface area contributed by atoms with Crippen LogP contribution in [0.5, 0.6) is 0 Å². The maximum Gasteiger partial charge on any atom is 0.234 e. The smallest absolute Gasteiger partial charge is 0.234 e. The SMILES string of the molecule is N#Cc1nccc(N2CCN(C(=O)C3CC3)CC2)n1. The molecule has 0 aromatic carbocycles. The molecule has 0 radical (unpaired) electrons. The van der Waals surface area contributed by atoms with Gasteiger partial charge in [-0.2, -0.15) is 5.26 Å². The Morgan fingerprint density at radius 3 is 2.68 bits per heavy atom. The van der Waals surface area contributed by atoms with Gasteiger partial charge in [-0.15, -0.1) is 0 Å². The molecule has 2 heterocycles. The number of anilines is 1. The molecule has 1 aromatic heterocycles. The number of rotatable bonds is 2. The van der Waals surface area contributed by atoms with Crippen LogP contribution in [-0.4, -0.2) is 47.0 Å². The zero-order chi connectivity index (χ0) is 13.2. The van der Waals surface area contributed by atoms with E-state index in [1.54, 1.807) is 12.3 Å². The van der Waals surface area contributed by atoms with Crippen LogP contribution < -0.4 is 4.90 Å². The summed E-state index contributed by atoms with van der Waals surface area (Å²) in [4.78, 5) is 24.0. The number of nitriles is 1. The van der Waals surface area contributed by atoms with E-state index in [9.17, 15) is 4.79 Å². The van der Waals surface area contributed by atoms with Crippen molar-refractivity contribution in [2.24, 2.45) is 5.92 Å². The van der Waals surface area contributed by atoms with Crippen molar-refractivity contribution in [3.05, 3.63) is 18.1 Å². The fraction of sp³-hybridized carbons (Fsp3) is 0.538. The molecule has 0 bridgehead atoms. The molecule has 3 rings (SSSR count). The second kappa shape index (κ2) is 4.84. The molecular formula is C13H15N5O. The average Bonchev–Trinajstić information content (AvgIpc) is 3.31. The molecule has 2 aliphatic rings. The Hall–Kier alpha value is -2.16. The Bertz CT molecular complexity index is 526. The molecule has 6 heteroatoms. The zero-order valence-corrected chi connectivity index (χ0v) is 10.6. The summed E-state index contributed by atoms with van der Waals surface area (Å²) in [6.45, 7) is 3.00. The first kappa shape index (κ1) is 11.9. The molecule has 19 heavy (non-hydrogen) atoms. The van der Waals surface area contributed by atoms with E-state index in [0.29, 0.717) is 5.91 Å². The van der Waals surface area contributed by atoms with Crippen molar-refractivity contribution in [2.75, 3.05) is 31.1 Å². The number of piperazine rings is 1. The lowest BCUT2D eigenvalue weighted by Crippen LogP contribution is -2.49. The van der Waals surface area contributed by atoms with Gasteiger partial charge >= 0.3 is 0 Å². The van der Waals surface area contributed by atoms with E-state index in [1.807, 2.05) is 11.0 Å². The topological polar surface area (TPSA) is 73.1 Å². The number of hydrogen-bond acceptors (Lipinski definition) is 5. The van der Waals surface area contributed by atoms with Gasteiger partial charge in [0, 0.05) is 38.3 Å². The minimum Gasteiger partial charge on any atom is -0.353 e. The average molecular weight is 257 g/mol. The van der Waals surface area contributed by atoms with Crippen LogP contribution in [0.2, 0.25) is 0 Å². The van der Waals surface area contributed by atoms with Crippen LogP contribution >= 0.6 is 0 Å². The van der Waals surface area contributed by atoms with Gasteiger partial charge in [-0.3, -0.25) is 4.79 Å². The molecule has 1 saturated heterocycles. The van der Waals surface area contributed by atoms with E-state index in [2.05, 4.69) is 14.9 Å². The summed E-state index contributed by atoms with van der Waals surface area (Å²) in [7, 11) is 0. The number of amides is 1. The number of aromatic nitrogens is 2. The van der Waals surface area contributed by atoms with E-state index >= 15 is 0 Å². The minimum atomic E-state index is 0.189. The standard InChI is InChI=1S/C13H15N5O/c14-9-11-15-4-3-12(16-11)17-5-7-18(8-6-17)13(19)10-1-2-10/h3-4,10H,1-2,5-8H2. The van der Waals surface area contributed by atoms with E-state index in [0.717, 1.165) is 44.8 Å². The third-order valence-corrected chi connectivity index (χ3v) is 3.58. The fourth-order valence-electron chi connectivity index (χ4n) is 2.32. The molecule has 1 aliphatic carbocycles. The maximum absolute atomic E-state index is 11.9. The Morgan fingerprint density at radius 2 is 2.05 bits per heavy atom. The Morgan fingerprint density at radius 1 is 1.32 bits per heavy atom. The maximum atomic E-state index is 11.9. The van der Waals surface area contributed by atoms with Crippen LogP contribution in [0.1, 0.15) is 18.7 Å². The lowest BCUT2D eigenvalue weighted by molar-refractivity contribution is -0.132. The van der Waals surface area contributed by atoms with Gasteiger partial charge in [0.2, 0.25) is 11.7 Å². The molecule has 0 spiro atoms. The van der Waals surface area contributed by atoms with E-state index in [1.165, 1.54) is 0 Å². The highest BCUT2D eigenvalue weighted by atomic mass is 16.2. The van der Waals surface area contributed by atoms with Gasteiger partial charge in [0.05, 0.1) is 0 Å². The summed E-state index contributed by atoms with van der Waals surface area (Å²) >= 11 is 0. The first-order valence-corrected chi connectivity index (χ1v) is 6.55. The Kier molecular flexibility index (Phi) is 3.03. The van der Waals surface area contributed by atoms with Crippen molar-refractivity contribution < 1.29 is 4.79 Å². The molecule has 6 nitrogen and oxygen atoms in total. The molecule has 98 valence electrons. The second-order valence-corrected chi connectivity index (χ2v) is 4.94. The van der Waals surface area contributed by atoms with Crippen LogP contribution in [0.25, 0.3) is 0 Å². The van der Waals surface area contributed by atoms with Crippen LogP contribution in [0, 0.1) is 17.2 Å². The highest BCUT2D eigenvalue weighted by molar-refractivity contribution is 5.81. The van der Waals surface area contributed by atoms with Gasteiger partial charge in [0.1, 0.15) is 11.9 Å². The summed E-state index contributed by atoms with van der Waals surface area (Å²) in [6.07, 6.45) is 3.70. The van der Waals surface area contributed by atoms with Crippen molar-refractivity contribution in [1.29, 1.82) is 5.26 Å². The Balaban J connectivity index is 1.63. The normalized spacial score (nSPS) is 19.1. The predicted octanol–water partition coefficient (Wildman–Crippen LogP) is 0.407. The summed E-state index contributed by atoms with van der Waals surface area (Å²) in [5, 5.41) is 8.80. The van der Waals surface area contributed by atoms with Gasteiger partial charge in [-0.1, -0.05) is 0 Å². The molecule has 0 unspecified atom stereocenters. The summed E-state index contributed by atoms with van der Waals surface area (Å²) in [6, 6.07) is 3.75. The first-order chi connectivity index (χ1) is 9.28. The Labute approximate surface area is 111 Å². The number of nitrogens with zero attached hydrogens (tertiary/aromatic N) is 5. The largest absolute Gasteiger partial charge is 0.353 e. The van der Waals surface area contributed by atoms with Crippen molar-refractivity contribution in [3.8, 4) is 6.07 Å². The molecule has 2 fully saturated rings. The van der Waals surface area contributed by atoms with Crippen molar-refractivity contribution >= 4 is 11.7 Å². The van der Waals surface area contributed by atoms with E-state index in [-0.39, 0.29) is 11.7 Å². The van der Waals surface area contributed by atoms with Gasteiger partial charge in [-0.05, 0) is 18.9 Å². The van der Waals surface area contributed by atoms with Crippen molar-refractivity contribution in [1.82, 2.24) is 14.9 Å². The lowest BCUT2D eigenvalue weighted by Gasteiger charge is -2.35. The quantitative estimate of drug-likeness (QED) is 0.767. The van der Waals surface area contributed by atoms with Crippen molar-refractivity contribution in [3.63, 3.8) is 0 Å². The monoisotopic (exact) mass is 257 g/mol. The van der Waals surface area contributed by atoms with Crippen LogP contribution in [0.15, 0.2) is 12.3 Å². The third-order valence-electron chi connectivity index (χ3n) is 3.58. The number of hydrogen-bond donors (Lipinski definition) is 0. The molecular weight excluding hydrogens is 242 g/mol. The van der Waals surface area contributed by atoms with Crippen LogP contribution in [-0.2, 0) is 4.79 Å². The number of carbonyl (C=O) groups excluding carboxylic acids is 1. The molecule has 1 amide bonds. The molecule has 1 aliphatic heterocycles. The first-order valence-electron chi connectivity index (χ1n) is 6.55. The zero-order valence-electron chi connectivity index (χ0n) is 10.6. The van der Waals surface area contributed by atoms with Gasteiger partial charge < -0.3 is 9.80 Å². The van der Waals surface area contributed by atoms with Crippen molar-refractivity contribution in [2.45, 2.75) is 12.8 Å². The molecule has 1 saturated carbocycles.